The summed E-state index contributed by atoms with van der Waals surface area (Å²) in [6.45, 7) is 4.10. The van der Waals surface area contributed by atoms with Crippen LogP contribution < -0.4 is 5.73 Å². The molecule has 0 saturated carbocycles. The minimum Gasteiger partial charge on any atom is -0.378 e. The molecule has 0 aliphatic carbocycles. The molecule has 2 heterocycles. The van der Waals surface area contributed by atoms with Crippen LogP contribution in [-0.4, -0.2) is 22.3 Å². The predicted molar refractivity (Wildman–Crippen MR) is 53.7 cm³/mol. The third-order valence-corrected chi connectivity index (χ3v) is 3.22. The van der Waals surface area contributed by atoms with Crippen LogP contribution in [0.15, 0.2) is 21.6 Å². The molecule has 0 aromatic rings. The first-order chi connectivity index (χ1) is 5.66. The average molecular weight is 181 g/mol. The molecule has 0 unspecified atom stereocenters. The Bertz CT molecular complexity index is 303. The monoisotopic (exact) mass is 181 g/mol. The molecular weight excluding hydrogens is 170 g/mol. The van der Waals surface area contributed by atoms with Gasteiger partial charge in [0.15, 0.2) is 11.3 Å². The second kappa shape index (κ2) is 2.62. The van der Waals surface area contributed by atoms with E-state index in [1.54, 1.807) is 11.8 Å². The van der Waals surface area contributed by atoms with Crippen LogP contribution in [-0.2, 0) is 0 Å². The van der Waals surface area contributed by atoms with E-state index in [0.29, 0.717) is 10.4 Å². The molecule has 0 spiro atoms. The summed E-state index contributed by atoms with van der Waals surface area (Å²) in [5, 5.41) is 1.02. The van der Waals surface area contributed by atoms with E-state index in [2.05, 4.69) is 23.0 Å². The number of fused-ring (bicyclic) bond motifs is 1. The highest BCUT2D eigenvalue weighted by atomic mass is 32.2. The molecule has 3 nitrogen and oxygen atoms in total. The maximum Gasteiger partial charge on any atom is 0.158 e. The number of aliphatic imine (C=N–C) groups is 2. The first kappa shape index (κ1) is 7.86. The number of amidine groups is 1. The van der Waals surface area contributed by atoms with Crippen LogP contribution in [0.1, 0.15) is 13.8 Å². The van der Waals surface area contributed by atoms with Gasteiger partial charge in [-0.1, -0.05) is 17.3 Å². The van der Waals surface area contributed by atoms with Crippen LogP contribution >= 0.6 is 11.8 Å². The molecule has 2 atom stereocenters. The largest absolute Gasteiger partial charge is 0.378 e. The molecule has 64 valence electrons. The van der Waals surface area contributed by atoms with Crippen molar-refractivity contribution in [1.29, 1.82) is 0 Å². The fourth-order valence-corrected chi connectivity index (χ4v) is 2.43. The molecule has 0 bridgehead atoms. The molecule has 0 fully saturated rings. The molecule has 0 saturated heterocycles. The molecule has 0 aromatic carbocycles. The summed E-state index contributed by atoms with van der Waals surface area (Å²) >= 11 is 1.61. The zero-order valence-corrected chi connectivity index (χ0v) is 7.93. The van der Waals surface area contributed by atoms with E-state index < -0.39 is 0 Å². The number of hydrogen-bond donors (Lipinski definition) is 1. The van der Waals surface area contributed by atoms with Crippen molar-refractivity contribution in [1.82, 2.24) is 0 Å². The van der Waals surface area contributed by atoms with Crippen molar-refractivity contribution in [3.8, 4) is 0 Å². The third-order valence-electron chi connectivity index (χ3n) is 2.00. The van der Waals surface area contributed by atoms with Gasteiger partial charge in [0, 0.05) is 5.71 Å². The number of thioether (sulfide) groups is 1. The summed E-state index contributed by atoms with van der Waals surface area (Å²) < 4.78 is 0. The second-order valence-corrected chi connectivity index (χ2v) is 4.24. The van der Waals surface area contributed by atoms with Crippen molar-refractivity contribution in [3.63, 3.8) is 0 Å². The number of dihydropyridines is 1. The highest BCUT2D eigenvalue weighted by Gasteiger charge is 2.31. The van der Waals surface area contributed by atoms with Gasteiger partial charge < -0.3 is 5.73 Å². The first-order valence-corrected chi connectivity index (χ1v) is 4.77. The van der Waals surface area contributed by atoms with E-state index in [1.165, 1.54) is 5.57 Å². The van der Waals surface area contributed by atoms with Gasteiger partial charge in [0.25, 0.3) is 0 Å². The summed E-state index contributed by atoms with van der Waals surface area (Å²) in [4.78, 5) is 8.64. The molecule has 0 aromatic heterocycles. The number of hydrogen-bond acceptors (Lipinski definition) is 4. The van der Waals surface area contributed by atoms with Crippen LogP contribution in [0.3, 0.4) is 0 Å². The Labute approximate surface area is 75.8 Å². The summed E-state index contributed by atoms with van der Waals surface area (Å²) in [5.74, 6) is 0. The number of allylic oxidation sites excluding steroid dienone is 1. The maximum absolute atomic E-state index is 5.62. The van der Waals surface area contributed by atoms with Crippen molar-refractivity contribution < 1.29 is 0 Å². The van der Waals surface area contributed by atoms with Crippen LogP contribution in [0, 0.1) is 0 Å². The smallest absolute Gasteiger partial charge is 0.158 e. The summed E-state index contributed by atoms with van der Waals surface area (Å²) in [5.41, 5.74) is 7.99. The Kier molecular flexibility index (Phi) is 1.72. The molecule has 4 heteroatoms. The lowest BCUT2D eigenvalue weighted by molar-refractivity contribution is 0.722. The van der Waals surface area contributed by atoms with E-state index in [1.807, 2.05) is 6.92 Å². The van der Waals surface area contributed by atoms with Crippen molar-refractivity contribution in [2.75, 3.05) is 0 Å². The van der Waals surface area contributed by atoms with Gasteiger partial charge in [-0.15, -0.1) is 0 Å². The number of rotatable bonds is 0. The standard InChI is InChI=1S/C8H11N3S/c1-4-3-5(2)10-7-6(4)12-8(9)11-7/h3,6-7H,1-2H3,(H2,9,11)/t6-,7+/m1/s1. The van der Waals surface area contributed by atoms with Crippen LogP contribution in [0.4, 0.5) is 0 Å². The Balaban J connectivity index is 2.33. The normalized spacial score (nSPS) is 33.7. The molecule has 2 aliphatic rings. The van der Waals surface area contributed by atoms with Gasteiger partial charge in [-0.05, 0) is 19.9 Å². The Hall–Kier alpha value is -0.770. The van der Waals surface area contributed by atoms with E-state index in [-0.39, 0.29) is 6.17 Å². The zero-order chi connectivity index (χ0) is 8.72. The third kappa shape index (κ3) is 1.16. The van der Waals surface area contributed by atoms with Gasteiger partial charge in [-0.2, -0.15) is 0 Å². The molecule has 0 amide bonds. The second-order valence-electron chi connectivity index (χ2n) is 3.08. The Morgan fingerprint density at radius 1 is 1.42 bits per heavy atom. The fraction of sp³-hybridized carbons (Fsp3) is 0.500. The van der Waals surface area contributed by atoms with Crippen LogP contribution in [0.5, 0.6) is 0 Å². The lowest BCUT2D eigenvalue weighted by Crippen LogP contribution is -2.22. The molecular formula is C8H11N3S. The quantitative estimate of drug-likeness (QED) is 0.609. The lowest BCUT2D eigenvalue weighted by atomic mass is 10.1. The number of nitrogens with zero attached hydrogens (tertiary/aromatic N) is 2. The number of nitrogens with two attached hydrogens (primary N) is 1. The van der Waals surface area contributed by atoms with Crippen molar-refractivity contribution >= 4 is 22.6 Å². The lowest BCUT2D eigenvalue weighted by Gasteiger charge is -2.18. The average Bonchev–Trinajstić information content (AvgIpc) is 2.29. The van der Waals surface area contributed by atoms with Gasteiger partial charge >= 0.3 is 0 Å². The van der Waals surface area contributed by atoms with E-state index in [0.717, 1.165) is 5.71 Å². The van der Waals surface area contributed by atoms with Gasteiger partial charge in [-0.25, -0.2) is 4.99 Å². The topological polar surface area (TPSA) is 50.7 Å². The summed E-state index contributed by atoms with van der Waals surface area (Å²) in [7, 11) is 0. The summed E-state index contributed by atoms with van der Waals surface area (Å²) in [6.07, 6.45) is 2.14. The van der Waals surface area contributed by atoms with Gasteiger partial charge in [0.1, 0.15) is 0 Å². The molecule has 2 aliphatic heterocycles. The maximum atomic E-state index is 5.62. The van der Waals surface area contributed by atoms with Crippen molar-refractivity contribution in [3.05, 3.63) is 11.6 Å². The predicted octanol–water partition coefficient (Wildman–Crippen LogP) is 1.16. The van der Waals surface area contributed by atoms with E-state index >= 15 is 0 Å². The van der Waals surface area contributed by atoms with Gasteiger partial charge in [0.05, 0.1) is 5.25 Å². The molecule has 2 N–H and O–H groups in total. The molecule has 0 radical (unpaired) electrons. The van der Waals surface area contributed by atoms with E-state index in [9.17, 15) is 0 Å². The molecule has 12 heavy (non-hydrogen) atoms. The molecule has 2 rings (SSSR count). The minimum atomic E-state index is 0.0417. The minimum absolute atomic E-state index is 0.0417. The summed E-state index contributed by atoms with van der Waals surface area (Å²) in [6, 6.07) is 0. The fourth-order valence-electron chi connectivity index (χ4n) is 1.50. The Morgan fingerprint density at radius 2 is 2.17 bits per heavy atom. The van der Waals surface area contributed by atoms with Gasteiger partial charge in [0.2, 0.25) is 0 Å². The SMILES string of the molecule is CC1=CC(C)=N[C@H]2N=C(N)S[C@H]12. The highest BCUT2D eigenvalue weighted by molar-refractivity contribution is 8.14. The zero-order valence-electron chi connectivity index (χ0n) is 7.11. The first-order valence-electron chi connectivity index (χ1n) is 3.89. The van der Waals surface area contributed by atoms with Crippen LogP contribution in [0.25, 0.3) is 0 Å². The van der Waals surface area contributed by atoms with Crippen molar-refractivity contribution in [2.24, 2.45) is 15.7 Å². The van der Waals surface area contributed by atoms with Crippen LogP contribution in [0.2, 0.25) is 0 Å². The van der Waals surface area contributed by atoms with Crippen molar-refractivity contribution in [2.45, 2.75) is 25.3 Å². The Morgan fingerprint density at radius 3 is 2.92 bits per heavy atom. The highest BCUT2D eigenvalue weighted by Crippen LogP contribution is 2.33. The van der Waals surface area contributed by atoms with Gasteiger partial charge in [-0.3, -0.25) is 4.99 Å². The van der Waals surface area contributed by atoms with E-state index in [4.69, 9.17) is 5.73 Å².